The summed E-state index contributed by atoms with van der Waals surface area (Å²) in [4.78, 5) is 14.3. The second kappa shape index (κ2) is 5.04. The topological polar surface area (TPSA) is 70.0 Å². The van der Waals surface area contributed by atoms with Crippen molar-refractivity contribution in [2.45, 2.75) is 49.3 Å². The number of rotatable bonds is 1. The van der Waals surface area contributed by atoms with Crippen LogP contribution in [0.1, 0.15) is 19.3 Å². The van der Waals surface area contributed by atoms with Gasteiger partial charge in [0.1, 0.15) is 18.0 Å². The molecule has 5 rings (SSSR count). The smallest absolute Gasteiger partial charge is 0.453 e. The van der Waals surface area contributed by atoms with Gasteiger partial charge in [0.2, 0.25) is 0 Å². The normalized spacial score (nSPS) is 45.3. The first kappa shape index (κ1) is 17.5. The van der Waals surface area contributed by atoms with Crippen molar-refractivity contribution < 1.29 is 32.9 Å². The molecule has 1 spiro atoms. The Labute approximate surface area is 153 Å². The predicted octanol–water partition coefficient (Wildman–Crippen LogP) is 1.47. The zero-order valence-corrected chi connectivity index (χ0v) is 14.7. The molecule has 2 N–H and O–H groups in total. The highest BCUT2D eigenvalue weighted by atomic mass is 19.4. The Morgan fingerprint density at radius 1 is 1.37 bits per heavy atom. The molecule has 1 saturated carbocycles. The first-order chi connectivity index (χ1) is 12.6. The highest BCUT2D eigenvalue weighted by Crippen LogP contribution is 2.66. The molecule has 1 unspecified atom stereocenters. The number of piperidine rings is 1. The molecule has 0 aromatic heterocycles. The lowest BCUT2D eigenvalue weighted by Gasteiger charge is -2.58. The highest BCUT2D eigenvalue weighted by Gasteiger charge is 2.69. The van der Waals surface area contributed by atoms with Crippen LogP contribution in [0, 0.1) is 11.3 Å². The van der Waals surface area contributed by atoms with Gasteiger partial charge in [-0.15, -0.1) is 0 Å². The zero-order valence-electron chi connectivity index (χ0n) is 14.7. The van der Waals surface area contributed by atoms with Gasteiger partial charge >= 0.3 is 6.18 Å². The molecule has 2 heterocycles. The third-order valence-corrected chi connectivity index (χ3v) is 7.13. The van der Waals surface area contributed by atoms with Crippen LogP contribution in [0.5, 0.6) is 0 Å². The average Bonchev–Trinajstić information content (AvgIpc) is 2.96. The Hall–Kier alpha value is -1.64. The molecule has 1 saturated heterocycles. The number of aliphatic hydroxyl groups excluding tert-OH is 1. The van der Waals surface area contributed by atoms with Gasteiger partial charge in [0.05, 0.1) is 0 Å². The number of carbonyl (C=O) groups is 1. The molecular formula is C19H20F3NO4. The molecule has 0 radical (unpaired) electrons. The maximum Gasteiger partial charge on any atom is 0.453 e. The van der Waals surface area contributed by atoms with E-state index in [0.717, 1.165) is 5.57 Å². The Balaban J connectivity index is 1.72. The predicted molar refractivity (Wildman–Crippen MR) is 87.3 cm³/mol. The molecule has 2 aliphatic heterocycles. The Kier molecular flexibility index (Phi) is 3.26. The van der Waals surface area contributed by atoms with Crippen LogP contribution < -0.4 is 0 Å². The van der Waals surface area contributed by atoms with E-state index < -0.39 is 41.6 Å². The molecule has 0 aromatic carbocycles. The second-order valence-corrected chi connectivity index (χ2v) is 8.31. The van der Waals surface area contributed by atoms with E-state index in [0.29, 0.717) is 25.0 Å². The van der Waals surface area contributed by atoms with Crippen LogP contribution in [0.15, 0.2) is 35.1 Å². The summed E-state index contributed by atoms with van der Waals surface area (Å²) < 4.78 is 45.4. The summed E-state index contributed by atoms with van der Waals surface area (Å²) >= 11 is 0. The maximum absolute atomic E-state index is 13.2. The number of hydrogen-bond donors (Lipinski definition) is 2. The molecule has 0 aromatic rings. The molecule has 5 nitrogen and oxygen atoms in total. The summed E-state index contributed by atoms with van der Waals surface area (Å²) in [5.74, 6) is -2.54. The monoisotopic (exact) mass is 383 g/mol. The van der Waals surface area contributed by atoms with Crippen molar-refractivity contribution in [3.05, 3.63) is 35.1 Å². The van der Waals surface area contributed by atoms with Gasteiger partial charge in [-0.3, -0.25) is 4.79 Å². The third kappa shape index (κ3) is 1.93. The van der Waals surface area contributed by atoms with E-state index in [1.165, 1.54) is 0 Å². The molecule has 5 aliphatic rings. The molecule has 6 atom stereocenters. The standard InChI is InChI=1S/C19H20F3NO4/c1-23-7-6-17-10-2-3-12(24)14(17)27-15-13(17)9(8-11(10)23)4-5-18(15,26)16(25)19(20,21)22/h2-4,10-12,14,24,26H,5-8H2,1H3/t10-,11+,12-,14-,17-,18?/m0/s1. The van der Waals surface area contributed by atoms with Crippen LogP contribution in [-0.4, -0.2) is 64.5 Å². The number of ketones is 1. The minimum Gasteiger partial charge on any atom is -0.487 e. The van der Waals surface area contributed by atoms with Gasteiger partial charge in [0.15, 0.2) is 5.60 Å². The number of alkyl halides is 3. The molecule has 0 amide bonds. The lowest BCUT2D eigenvalue weighted by atomic mass is 9.51. The number of hydrogen-bond acceptors (Lipinski definition) is 5. The van der Waals surface area contributed by atoms with Crippen LogP contribution >= 0.6 is 0 Å². The number of likely N-dealkylation sites (tertiary alicyclic amines) is 1. The molecule has 27 heavy (non-hydrogen) atoms. The van der Waals surface area contributed by atoms with Gasteiger partial charge in [0, 0.05) is 29.4 Å². The van der Waals surface area contributed by atoms with E-state index >= 15 is 0 Å². The fourth-order valence-electron chi connectivity index (χ4n) is 5.93. The number of nitrogens with zero attached hydrogens (tertiary/aromatic N) is 1. The lowest BCUT2D eigenvalue weighted by Crippen LogP contribution is -2.62. The lowest BCUT2D eigenvalue weighted by molar-refractivity contribution is -0.190. The number of aliphatic hydroxyl groups is 2. The Morgan fingerprint density at radius 2 is 2.11 bits per heavy atom. The molecule has 3 aliphatic carbocycles. The number of ether oxygens (including phenoxy) is 1. The number of halogens is 3. The van der Waals surface area contributed by atoms with E-state index in [-0.39, 0.29) is 17.7 Å². The average molecular weight is 383 g/mol. The highest BCUT2D eigenvalue weighted by molar-refractivity contribution is 5.95. The quantitative estimate of drug-likeness (QED) is 0.672. The third-order valence-electron chi connectivity index (χ3n) is 7.13. The van der Waals surface area contributed by atoms with Crippen molar-refractivity contribution >= 4 is 5.78 Å². The van der Waals surface area contributed by atoms with Crippen molar-refractivity contribution in [3.8, 4) is 0 Å². The van der Waals surface area contributed by atoms with Crippen molar-refractivity contribution in [3.63, 3.8) is 0 Å². The van der Waals surface area contributed by atoms with E-state index in [1.54, 1.807) is 12.2 Å². The number of Topliss-reactive ketones (excluding diaryl/α,β-unsaturated/α-hetero) is 1. The molecule has 8 heteroatoms. The second-order valence-electron chi connectivity index (χ2n) is 8.31. The van der Waals surface area contributed by atoms with Gasteiger partial charge in [-0.1, -0.05) is 18.2 Å². The first-order valence-corrected chi connectivity index (χ1v) is 9.12. The molecule has 2 fully saturated rings. The van der Waals surface area contributed by atoms with Crippen LogP contribution in [0.4, 0.5) is 13.2 Å². The minimum atomic E-state index is -5.18. The van der Waals surface area contributed by atoms with Crippen molar-refractivity contribution in [1.82, 2.24) is 4.90 Å². The van der Waals surface area contributed by atoms with Gasteiger partial charge in [-0.2, -0.15) is 13.2 Å². The summed E-state index contributed by atoms with van der Waals surface area (Å²) in [6, 6.07) is 0.146. The van der Waals surface area contributed by atoms with Gasteiger partial charge in [0.25, 0.3) is 5.78 Å². The summed E-state index contributed by atoms with van der Waals surface area (Å²) in [5, 5.41) is 21.4. The molecular weight excluding hydrogens is 363 g/mol. The SMILES string of the molecule is CN1CC[C@]23C4=C5O[C@H]2[C@@H](O)C=C[C@H]3[C@H]1CC4=CCC5(O)C(=O)C(F)(F)F. The van der Waals surface area contributed by atoms with Gasteiger partial charge in [-0.05, 0) is 32.0 Å². The molecule has 146 valence electrons. The van der Waals surface area contributed by atoms with E-state index in [1.807, 2.05) is 13.1 Å². The Morgan fingerprint density at radius 3 is 2.81 bits per heavy atom. The summed E-state index contributed by atoms with van der Waals surface area (Å²) in [6.07, 6.45) is -1.12. The van der Waals surface area contributed by atoms with Crippen LogP contribution in [-0.2, 0) is 9.53 Å². The fraction of sp³-hybridized carbons (Fsp3) is 0.632. The zero-order chi connectivity index (χ0) is 19.4. The van der Waals surface area contributed by atoms with Crippen LogP contribution in [0.2, 0.25) is 0 Å². The summed E-state index contributed by atoms with van der Waals surface area (Å²) in [7, 11) is 2.02. The van der Waals surface area contributed by atoms with Gasteiger partial charge < -0.3 is 19.8 Å². The summed E-state index contributed by atoms with van der Waals surface area (Å²) in [5.41, 5.74) is -2.10. The Bertz CT molecular complexity index is 831. The first-order valence-electron chi connectivity index (χ1n) is 9.12. The van der Waals surface area contributed by atoms with Crippen molar-refractivity contribution in [2.24, 2.45) is 11.3 Å². The number of carbonyl (C=O) groups excluding carboxylic acids is 1. The fourth-order valence-corrected chi connectivity index (χ4v) is 5.93. The van der Waals surface area contributed by atoms with Crippen LogP contribution in [0.3, 0.4) is 0 Å². The maximum atomic E-state index is 13.2. The van der Waals surface area contributed by atoms with Crippen molar-refractivity contribution in [1.29, 1.82) is 0 Å². The van der Waals surface area contributed by atoms with E-state index in [2.05, 4.69) is 4.90 Å². The van der Waals surface area contributed by atoms with E-state index in [9.17, 15) is 28.2 Å². The molecule has 2 bridgehead atoms. The largest absolute Gasteiger partial charge is 0.487 e. The van der Waals surface area contributed by atoms with Crippen LogP contribution in [0.25, 0.3) is 0 Å². The summed E-state index contributed by atoms with van der Waals surface area (Å²) in [6.45, 7) is 0.706. The van der Waals surface area contributed by atoms with E-state index in [4.69, 9.17) is 4.74 Å². The van der Waals surface area contributed by atoms with Gasteiger partial charge in [-0.25, -0.2) is 0 Å². The van der Waals surface area contributed by atoms with Crippen molar-refractivity contribution in [2.75, 3.05) is 13.6 Å². The minimum absolute atomic E-state index is 0.0439.